The van der Waals surface area contributed by atoms with Crippen molar-refractivity contribution in [2.24, 2.45) is 0 Å². The van der Waals surface area contributed by atoms with Crippen molar-refractivity contribution in [1.82, 2.24) is 19.9 Å². The van der Waals surface area contributed by atoms with E-state index in [-0.39, 0.29) is 11.2 Å². The first-order chi connectivity index (χ1) is 12.1. The summed E-state index contributed by atoms with van der Waals surface area (Å²) in [5.74, 6) is -0.0206. The summed E-state index contributed by atoms with van der Waals surface area (Å²) in [4.78, 5) is 21.1. The summed E-state index contributed by atoms with van der Waals surface area (Å²) in [6.07, 6.45) is 3.50. The third-order valence-corrected chi connectivity index (χ3v) is 5.21. The lowest BCUT2D eigenvalue weighted by Crippen LogP contribution is -2.30. The maximum atomic E-state index is 12.4. The number of pyridine rings is 1. The number of fused-ring (bicyclic) bond motifs is 1. The van der Waals surface area contributed by atoms with Gasteiger partial charge in [0, 0.05) is 24.3 Å². The molecule has 0 aliphatic rings. The lowest BCUT2D eigenvalue weighted by molar-refractivity contribution is -0.120. The lowest BCUT2D eigenvalue weighted by Gasteiger charge is -2.12. The molecule has 5 nitrogen and oxygen atoms in total. The number of carbonyl (C=O) groups excluding carboxylic acids is 1. The highest BCUT2D eigenvalue weighted by atomic mass is 35.5. The molecular weight excluding hydrogens is 356 g/mol. The topological polar surface area (TPSA) is 59.8 Å². The van der Waals surface area contributed by atoms with Crippen LogP contribution in [0.1, 0.15) is 19.4 Å². The van der Waals surface area contributed by atoms with Gasteiger partial charge in [0.25, 0.3) is 0 Å². The molecule has 1 atom stereocenters. The van der Waals surface area contributed by atoms with Gasteiger partial charge >= 0.3 is 0 Å². The van der Waals surface area contributed by atoms with E-state index in [4.69, 9.17) is 11.6 Å². The number of rotatable bonds is 6. The second kappa shape index (κ2) is 7.89. The van der Waals surface area contributed by atoms with Gasteiger partial charge in [-0.3, -0.25) is 9.78 Å². The molecule has 3 rings (SSSR count). The van der Waals surface area contributed by atoms with E-state index in [1.54, 1.807) is 12.4 Å². The van der Waals surface area contributed by atoms with Crippen molar-refractivity contribution in [2.75, 3.05) is 0 Å². The highest BCUT2D eigenvalue weighted by molar-refractivity contribution is 8.00. The van der Waals surface area contributed by atoms with Gasteiger partial charge in [-0.15, -0.1) is 0 Å². The minimum absolute atomic E-state index is 0.0206. The summed E-state index contributed by atoms with van der Waals surface area (Å²) < 4.78 is 2.10. The van der Waals surface area contributed by atoms with Gasteiger partial charge in [-0.1, -0.05) is 35.5 Å². The van der Waals surface area contributed by atoms with Gasteiger partial charge in [0.15, 0.2) is 5.16 Å². The molecule has 1 aromatic carbocycles. The maximum absolute atomic E-state index is 12.4. The Hall–Kier alpha value is -2.05. The third kappa shape index (κ3) is 4.14. The van der Waals surface area contributed by atoms with Crippen LogP contribution in [0.3, 0.4) is 0 Å². The first-order valence-electron chi connectivity index (χ1n) is 8.07. The molecule has 1 amide bonds. The van der Waals surface area contributed by atoms with Crippen LogP contribution in [0.25, 0.3) is 11.0 Å². The van der Waals surface area contributed by atoms with Crippen LogP contribution in [-0.4, -0.2) is 25.7 Å². The van der Waals surface area contributed by atoms with Crippen molar-refractivity contribution >= 4 is 40.3 Å². The molecule has 0 fully saturated rings. The fourth-order valence-electron chi connectivity index (χ4n) is 2.50. The van der Waals surface area contributed by atoms with E-state index < -0.39 is 0 Å². The number of imidazole rings is 1. The molecule has 2 heterocycles. The second-order valence-corrected chi connectivity index (χ2v) is 7.35. The van der Waals surface area contributed by atoms with Crippen LogP contribution < -0.4 is 5.32 Å². The van der Waals surface area contributed by atoms with Gasteiger partial charge < -0.3 is 9.88 Å². The number of benzene rings is 1. The molecule has 0 saturated carbocycles. The van der Waals surface area contributed by atoms with Crippen LogP contribution >= 0.6 is 23.4 Å². The average molecular weight is 375 g/mol. The second-order valence-electron chi connectivity index (χ2n) is 5.61. The van der Waals surface area contributed by atoms with E-state index in [1.807, 2.05) is 37.3 Å². The van der Waals surface area contributed by atoms with Gasteiger partial charge in [-0.05, 0) is 37.6 Å². The normalized spacial score (nSPS) is 12.3. The van der Waals surface area contributed by atoms with Crippen LogP contribution in [0.2, 0.25) is 5.02 Å². The van der Waals surface area contributed by atoms with E-state index >= 15 is 0 Å². The fraction of sp³-hybridized carbons (Fsp3) is 0.278. The maximum Gasteiger partial charge on any atom is 0.233 e. The molecule has 0 aliphatic heterocycles. The molecule has 1 N–H and O–H groups in total. The lowest BCUT2D eigenvalue weighted by atomic mass is 10.2. The zero-order chi connectivity index (χ0) is 17.8. The summed E-state index contributed by atoms with van der Waals surface area (Å²) in [7, 11) is 0. The Morgan fingerprint density at radius 1 is 1.32 bits per heavy atom. The van der Waals surface area contributed by atoms with Crippen molar-refractivity contribution in [3.63, 3.8) is 0 Å². The largest absolute Gasteiger partial charge is 0.351 e. The molecule has 0 unspecified atom stereocenters. The van der Waals surface area contributed by atoms with Gasteiger partial charge in [-0.25, -0.2) is 4.98 Å². The molecule has 0 bridgehead atoms. The first-order valence-corrected chi connectivity index (χ1v) is 9.33. The van der Waals surface area contributed by atoms with Crippen LogP contribution in [0, 0.1) is 0 Å². The number of nitrogens with zero attached hydrogens (tertiary/aromatic N) is 3. The Morgan fingerprint density at radius 2 is 2.08 bits per heavy atom. The summed E-state index contributed by atoms with van der Waals surface area (Å²) in [6.45, 7) is 5.23. The number of aromatic nitrogens is 3. The molecule has 2 aromatic heterocycles. The number of amides is 1. The van der Waals surface area contributed by atoms with E-state index in [1.165, 1.54) is 11.8 Å². The number of carbonyl (C=O) groups is 1. The average Bonchev–Trinajstić information content (AvgIpc) is 2.97. The molecule has 7 heteroatoms. The Balaban J connectivity index is 1.66. The number of halogens is 1. The molecule has 0 radical (unpaired) electrons. The van der Waals surface area contributed by atoms with Crippen molar-refractivity contribution in [1.29, 1.82) is 0 Å². The highest BCUT2D eigenvalue weighted by Crippen LogP contribution is 2.27. The molecule has 0 spiro atoms. The molecule has 0 saturated heterocycles. The monoisotopic (exact) mass is 374 g/mol. The molecule has 25 heavy (non-hydrogen) atoms. The van der Waals surface area contributed by atoms with Crippen molar-refractivity contribution in [3.8, 4) is 0 Å². The fourth-order valence-corrected chi connectivity index (χ4v) is 3.64. The van der Waals surface area contributed by atoms with Crippen LogP contribution in [0.15, 0.2) is 47.9 Å². The highest BCUT2D eigenvalue weighted by Gasteiger charge is 2.18. The number of hydrogen-bond donors (Lipinski definition) is 1. The Kier molecular flexibility index (Phi) is 5.60. The quantitative estimate of drug-likeness (QED) is 0.665. The molecule has 130 valence electrons. The number of hydrogen-bond acceptors (Lipinski definition) is 4. The third-order valence-electron chi connectivity index (χ3n) is 3.86. The van der Waals surface area contributed by atoms with E-state index in [0.717, 1.165) is 28.3 Å². The van der Waals surface area contributed by atoms with Gasteiger partial charge in [0.2, 0.25) is 5.91 Å². The summed E-state index contributed by atoms with van der Waals surface area (Å²) >= 11 is 7.33. The summed E-state index contributed by atoms with van der Waals surface area (Å²) in [5, 5.41) is 4.23. The molecule has 3 aromatic rings. The van der Waals surface area contributed by atoms with Crippen molar-refractivity contribution in [3.05, 3.63) is 53.3 Å². The van der Waals surface area contributed by atoms with Gasteiger partial charge in [-0.2, -0.15) is 0 Å². The first kappa shape index (κ1) is 17.8. The minimum atomic E-state index is -0.248. The summed E-state index contributed by atoms with van der Waals surface area (Å²) in [5.41, 5.74) is 2.90. The number of aryl methyl sites for hydroxylation is 1. The van der Waals surface area contributed by atoms with Crippen LogP contribution in [-0.2, 0) is 17.9 Å². The van der Waals surface area contributed by atoms with Crippen molar-refractivity contribution in [2.45, 2.75) is 37.3 Å². The van der Waals surface area contributed by atoms with E-state index in [2.05, 4.69) is 26.8 Å². The zero-order valence-electron chi connectivity index (χ0n) is 14.1. The van der Waals surface area contributed by atoms with Crippen LogP contribution in [0.5, 0.6) is 0 Å². The van der Waals surface area contributed by atoms with Crippen molar-refractivity contribution < 1.29 is 4.79 Å². The Bertz CT molecular complexity index is 878. The van der Waals surface area contributed by atoms with Crippen LogP contribution in [0.4, 0.5) is 0 Å². The predicted octanol–water partition coefficient (Wildman–Crippen LogP) is 3.90. The van der Waals surface area contributed by atoms with E-state index in [9.17, 15) is 4.79 Å². The molecule has 0 aliphatic carbocycles. The van der Waals surface area contributed by atoms with Gasteiger partial charge in [0.1, 0.15) is 5.52 Å². The van der Waals surface area contributed by atoms with E-state index in [0.29, 0.717) is 11.6 Å². The predicted molar refractivity (Wildman–Crippen MR) is 102 cm³/mol. The number of nitrogens with one attached hydrogen (secondary N) is 1. The minimum Gasteiger partial charge on any atom is -0.351 e. The van der Waals surface area contributed by atoms with Gasteiger partial charge in [0.05, 0.1) is 17.0 Å². The standard InChI is InChI=1S/C18H19ClN4OS/c1-3-23-16-8-9-20-11-15(16)22-18(23)25-12(2)17(24)21-10-13-4-6-14(19)7-5-13/h4-9,11-12H,3,10H2,1-2H3,(H,21,24)/t12-/m1/s1. The summed E-state index contributed by atoms with van der Waals surface area (Å²) in [6, 6.07) is 9.40. The molecular formula is C18H19ClN4OS. The Morgan fingerprint density at radius 3 is 2.80 bits per heavy atom. The smallest absolute Gasteiger partial charge is 0.233 e. The number of thioether (sulfide) groups is 1. The SMILES string of the molecule is CCn1c(S[C@H](C)C(=O)NCc2ccc(Cl)cc2)nc2cnccc21. The Labute approximate surface area is 155 Å². The zero-order valence-corrected chi connectivity index (χ0v) is 15.6.